The number of rotatable bonds is 5. The smallest absolute Gasteiger partial charge is 0.238 e. The van der Waals surface area contributed by atoms with E-state index in [1.807, 2.05) is 20.8 Å². The molecule has 138 valence electrons. The lowest BCUT2D eigenvalue weighted by Crippen LogP contribution is -2.43. The number of likely N-dealkylation sites (tertiary alicyclic amines) is 1. The third-order valence-electron chi connectivity index (χ3n) is 4.27. The summed E-state index contributed by atoms with van der Waals surface area (Å²) < 4.78 is 22.4. The van der Waals surface area contributed by atoms with Crippen molar-refractivity contribution in [3.8, 4) is 0 Å². The second-order valence-corrected chi connectivity index (χ2v) is 8.87. The Morgan fingerprint density at radius 2 is 1.88 bits per heavy atom. The van der Waals surface area contributed by atoms with Gasteiger partial charge in [-0.3, -0.25) is 9.59 Å². The van der Waals surface area contributed by atoms with Crippen molar-refractivity contribution in [1.82, 2.24) is 10.2 Å². The molecule has 3 N–H and O–H groups in total. The quantitative estimate of drug-likeness (QED) is 0.796. The molecule has 1 aromatic carbocycles. The fourth-order valence-electron chi connectivity index (χ4n) is 2.85. The van der Waals surface area contributed by atoms with Crippen molar-refractivity contribution in [2.75, 3.05) is 13.1 Å². The van der Waals surface area contributed by atoms with Gasteiger partial charge in [0.1, 0.15) is 0 Å². The Labute approximate surface area is 148 Å². The van der Waals surface area contributed by atoms with Crippen LogP contribution in [0.4, 0.5) is 0 Å². The van der Waals surface area contributed by atoms with Crippen LogP contribution in [0.25, 0.3) is 0 Å². The van der Waals surface area contributed by atoms with Gasteiger partial charge in [-0.2, -0.15) is 0 Å². The lowest BCUT2D eigenvalue weighted by Gasteiger charge is -2.31. The molecule has 7 nitrogen and oxygen atoms in total. The second-order valence-electron chi connectivity index (χ2n) is 7.31. The number of nitrogens with two attached hydrogens (primary N) is 1. The van der Waals surface area contributed by atoms with Crippen LogP contribution in [0.3, 0.4) is 0 Å². The van der Waals surface area contributed by atoms with Crippen LogP contribution in [0, 0.1) is 5.92 Å². The van der Waals surface area contributed by atoms with Gasteiger partial charge in [0.05, 0.1) is 10.8 Å². The molecule has 1 saturated heterocycles. The lowest BCUT2D eigenvalue weighted by atomic mass is 10.1. The molecule has 1 aromatic rings. The molecule has 2 rings (SSSR count). The van der Waals surface area contributed by atoms with E-state index in [0.717, 1.165) is 5.56 Å². The molecule has 0 aliphatic carbocycles. The number of carbonyl (C=O) groups excluding carboxylic acids is 2. The summed E-state index contributed by atoms with van der Waals surface area (Å²) in [4.78, 5) is 26.1. The van der Waals surface area contributed by atoms with Gasteiger partial charge in [0, 0.05) is 25.0 Å². The Balaban J connectivity index is 1.84. The Morgan fingerprint density at radius 3 is 2.36 bits per heavy atom. The minimum atomic E-state index is -3.69. The van der Waals surface area contributed by atoms with E-state index in [9.17, 15) is 18.0 Å². The highest BCUT2D eigenvalue weighted by atomic mass is 32.2. The van der Waals surface area contributed by atoms with E-state index in [-0.39, 0.29) is 34.6 Å². The average molecular weight is 367 g/mol. The molecule has 1 heterocycles. The topological polar surface area (TPSA) is 110 Å². The van der Waals surface area contributed by atoms with Gasteiger partial charge >= 0.3 is 0 Å². The zero-order valence-electron chi connectivity index (χ0n) is 14.8. The van der Waals surface area contributed by atoms with Gasteiger partial charge in [-0.1, -0.05) is 12.1 Å². The SMILES string of the molecule is CC(C)(C)N1C[C@H](C(=O)NCCc2ccc(S(N)(=O)=O)cc2)CC1=O. The Bertz CT molecular complexity index is 751. The van der Waals surface area contributed by atoms with Crippen molar-refractivity contribution >= 4 is 21.8 Å². The average Bonchev–Trinajstić information content (AvgIpc) is 2.89. The fourth-order valence-corrected chi connectivity index (χ4v) is 3.37. The normalized spacial score (nSPS) is 18.5. The first-order valence-electron chi connectivity index (χ1n) is 8.18. The third-order valence-corrected chi connectivity index (χ3v) is 5.20. The number of amides is 2. The van der Waals surface area contributed by atoms with Crippen molar-refractivity contribution in [2.45, 2.75) is 44.0 Å². The largest absolute Gasteiger partial charge is 0.355 e. The number of hydrogen-bond donors (Lipinski definition) is 2. The molecule has 1 atom stereocenters. The number of benzene rings is 1. The molecule has 0 unspecified atom stereocenters. The van der Waals surface area contributed by atoms with Crippen molar-refractivity contribution in [1.29, 1.82) is 0 Å². The van der Waals surface area contributed by atoms with Gasteiger partial charge in [0.2, 0.25) is 21.8 Å². The molecule has 1 aliphatic rings. The van der Waals surface area contributed by atoms with Crippen molar-refractivity contribution < 1.29 is 18.0 Å². The highest BCUT2D eigenvalue weighted by molar-refractivity contribution is 7.89. The van der Waals surface area contributed by atoms with E-state index in [2.05, 4.69) is 5.32 Å². The third kappa shape index (κ3) is 5.02. The standard InChI is InChI=1S/C17H25N3O4S/c1-17(2,3)20-11-13(10-15(20)21)16(22)19-9-8-12-4-6-14(7-5-12)25(18,23)24/h4-7,13H,8-11H2,1-3H3,(H,19,22)(H2,18,23,24)/t13-/m1/s1. The van der Waals surface area contributed by atoms with E-state index in [1.54, 1.807) is 17.0 Å². The highest BCUT2D eigenvalue weighted by Crippen LogP contribution is 2.25. The van der Waals surface area contributed by atoms with Gasteiger partial charge in [0.15, 0.2) is 0 Å². The second kappa shape index (κ2) is 7.13. The van der Waals surface area contributed by atoms with Gasteiger partial charge in [-0.05, 0) is 44.9 Å². The van der Waals surface area contributed by atoms with Crippen LogP contribution in [0.1, 0.15) is 32.8 Å². The number of carbonyl (C=O) groups is 2. The summed E-state index contributed by atoms with van der Waals surface area (Å²) in [5, 5.41) is 7.90. The first-order chi connectivity index (χ1) is 11.5. The van der Waals surface area contributed by atoms with Crippen LogP contribution in [0.5, 0.6) is 0 Å². The maximum atomic E-state index is 12.3. The summed E-state index contributed by atoms with van der Waals surface area (Å²) in [6.07, 6.45) is 0.812. The number of nitrogens with one attached hydrogen (secondary N) is 1. The lowest BCUT2D eigenvalue weighted by molar-refractivity contribution is -0.132. The number of hydrogen-bond acceptors (Lipinski definition) is 4. The van der Waals surface area contributed by atoms with Gasteiger partial charge in [-0.25, -0.2) is 13.6 Å². The zero-order valence-corrected chi connectivity index (χ0v) is 15.6. The van der Waals surface area contributed by atoms with Crippen molar-refractivity contribution in [3.63, 3.8) is 0 Å². The molecule has 25 heavy (non-hydrogen) atoms. The number of nitrogens with zero attached hydrogens (tertiary/aromatic N) is 1. The fraction of sp³-hybridized carbons (Fsp3) is 0.529. The van der Waals surface area contributed by atoms with Crippen molar-refractivity contribution in [2.24, 2.45) is 11.1 Å². The maximum absolute atomic E-state index is 12.3. The first-order valence-corrected chi connectivity index (χ1v) is 9.73. The van der Waals surface area contributed by atoms with Gasteiger partial charge < -0.3 is 10.2 Å². The van der Waals surface area contributed by atoms with Crippen LogP contribution in [-0.4, -0.2) is 43.8 Å². The zero-order chi connectivity index (χ0) is 18.8. The molecule has 2 amide bonds. The summed E-state index contributed by atoms with van der Waals surface area (Å²) in [7, 11) is -3.69. The maximum Gasteiger partial charge on any atom is 0.238 e. The van der Waals surface area contributed by atoms with Crippen LogP contribution in [0.15, 0.2) is 29.2 Å². The summed E-state index contributed by atoms with van der Waals surface area (Å²) in [5.41, 5.74) is 0.614. The molecule has 0 radical (unpaired) electrons. The molecule has 0 bridgehead atoms. The van der Waals surface area contributed by atoms with Crippen LogP contribution in [-0.2, 0) is 26.0 Å². The number of sulfonamides is 1. The molecular formula is C17H25N3O4S. The Morgan fingerprint density at radius 1 is 1.28 bits per heavy atom. The van der Waals surface area contributed by atoms with E-state index >= 15 is 0 Å². The molecule has 1 aliphatic heterocycles. The summed E-state index contributed by atoms with van der Waals surface area (Å²) in [6, 6.07) is 6.24. The summed E-state index contributed by atoms with van der Waals surface area (Å²) in [5.74, 6) is -0.441. The predicted octanol–water partition coefficient (Wildman–Crippen LogP) is 0.640. The summed E-state index contributed by atoms with van der Waals surface area (Å²) >= 11 is 0. The molecule has 0 saturated carbocycles. The predicted molar refractivity (Wildman–Crippen MR) is 94.1 cm³/mol. The van der Waals surface area contributed by atoms with Crippen LogP contribution >= 0.6 is 0 Å². The van der Waals surface area contributed by atoms with Crippen LogP contribution in [0.2, 0.25) is 0 Å². The monoisotopic (exact) mass is 367 g/mol. The highest BCUT2D eigenvalue weighted by Gasteiger charge is 2.39. The molecular weight excluding hydrogens is 342 g/mol. The minimum Gasteiger partial charge on any atom is -0.355 e. The molecule has 1 fully saturated rings. The number of primary sulfonamides is 1. The Hall–Kier alpha value is -1.93. The van der Waals surface area contributed by atoms with E-state index in [1.165, 1.54) is 12.1 Å². The van der Waals surface area contributed by atoms with E-state index in [0.29, 0.717) is 19.5 Å². The molecule has 0 aromatic heterocycles. The Kier molecular flexibility index (Phi) is 5.53. The summed E-state index contributed by atoms with van der Waals surface area (Å²) in [6.45, 7) is 6.73. The van der Waals surface area contributed by atoms with Crippen LogP contribution < -0.4 is 10.5 Å². The first kappa shape index (κ1) is 19.4. The minimum absolute atomic E-state index is 0.00577. The van der Waals surface area contributed by atoms with E-state index in [4.69, 9.17) is 5.14 Å². The van der Waals surface area contributed by atoms with Crippen molar-refractivity contribution in [3.05, 3.63) is 29.8 Å². The van der Waals surface area contributed by atoms with Gasteiger partial charge in [-0.15, -0.1) is 0 Å². The molecule has 0 spiro atoms. The van der Waals surface area contributed by atoms with E-state index < -0.39 is 10.0 Å². The molecule has 8 heteroatoms. The van der Waals surface area contributed by atoms with Gasteiger partial charge in [0.25, 0.3) is 0 Å².